The van der Waals surface area contributed by atoms with Gasteiger partial charge < -0.3 is 20.2 Å². The summed E-state index contributed by atoms with van der Waals surface area (Å²) in [5.41, 5.74) is 8.07. The molecule has 0 amide bonds. The average Bonchev–Trinajstić information content (AvgIpc) is 2.84. The highest BCUT2D eigenvalue weighted by atomic mass is 19.3. The quantitative estimate of drug-likeness (QED) is 0.716. The van der Waals surface area contributed by atoms with Gasteiger partial charge in [0.15, 0.2) is 5.58 Å². The van der Waals surface area contributed by atoms with E-state index in [2.05, 4.69) is 15.0 Å². The molecule has 0 aliphatic carbocycles. The van der Waals surface area contributed by atoms with Gasteiger partial charge in [0.05, 0.1) is 5.69 Å². The first-order valence-corrected chi connectivity index (χ1v) is 6.09. The number of para-hydroxylation sites is 1. The van der Waals surface area contributed by atoms with E-state index in [1.165, 1.54) is 12.1 Å². The molecule has 0 atom stereocenters. The fourth-order valence-electron chi connectivity index (χ4n) is 1.87. The zero-order chi connectivity index (χ0) is 14.8. The van der Waals surface area contributed by atoms with Gasteiger partial charge in [-0.15, -0.1) is 0 Å². The zero-order valence-corrected chi connectivity index (χ0v) is 10.7. The summed E-state index contributed by atoms with van der Waals surface area (Å²) >= 11 is 0. The second-order valence-electron chi connectivity index (χ2n) is 4.24. The van der Waals surface area contributed by atoms with E-state index in [1.807, 2.05) is 0 Å². The highest BCUT2D eigenvalue weighted by molar-refractivity contribution is 5.86. The highest BCUT2D eigenvalue weighted by Crippen LogP contribution is 2.26. The molecule has 0 radical (unpaired) electrons. The maximum atomic E-state index is 12.0. The summed E-state index contributed by atoms with van der Waals surface area (Å²) < 4.78 is 33.9. The van der Waals surface area contributed by atoms with Gasteiger partial charge in [0, 0.05) is 5.69 Å². The minimum Gasteiger partial charge on any atom is -0.435 e. The van der Waals surface area contributed by atoms with Gasteiger partial charge in [-0.25, -0.2) is 0 Å². The highest BCUT2D eigenvalue weighted by Gasteiger charge is 2.09. The smallest absolute Gasteiger partial charge is 0.387 e. The molecule has 0 spiro atoms. The van der Waals surface area contributed by atoms with Crippen molar-refractivity contribution in [2.75, 3.05) is 11.1 Å². The van der Waals surface area contributed by atoms with Gasteiger partial charge in [0.2, 0.25) is 0 Å². The van der Waals surface area contributed by atoms with Gasteiger partial charge in [0.1, 0.15) is 11.3 Å². The molecule has 2 aromatic carbocycles. The van der Waals surface area contributed by atoms with E-state index in [0.29, 0.717) is 22.5 Å². The SMILES string of the molecule is Nc1cccc2oc(Nc3ccc(OC(F)F)cc3)nc12. The summed E-state index contributed by atoms with van der Waals surface area (Å²) in [6.45, 7) is -2.84. The fraction of sp³-hybridized carbons (Fsp3) is 0.0714. The molecule has 1 heterocycles. The third-order valence-corrected chi connectivity index (χ3v) is 2.78. The summed E-state index contributed by atoms with van der Waals surface area (Å²) in [4.78, 5) is 4.22. The first-order chi connectivity index (χ1) is 10.1. The Morgan fingerprint density at radius 2 is 1.90 bits per heavy atom. The third kappa shape index (κ3) is 2.86. The average molecular weight is 291 g/mol. The summed E-state index contributed by atoms with van der Waals surface area (Å²) in [7, 11) is 0. The number of nitrogens with one attached hydrogen (secondary N) is 1. The molecule has 0 aliphatic heterocycles. The largest absolute Gasteiger partial charge is 0.435 e. The summed E-state index contributed by atoms with van der Waals surface area (Å²) in [6, 6.07) is 11.5. The van der Waals surface area contributed by atoms with Gasteiger partial charge >= 0.3 is 6.61 Å². The molecular weight excluding hydrogens is 280 g/mol. The van der Waals surface area contributed by atoms with E-state index >= 15 is 0 Å². The van der Waals surface area contributed by atoms with Crippen molar-refractivity contribution in [3.63, 3.8) is 0 Å². The molecule has 0 saturated heterocycles. The van der Waals surface area contributed by atoms with Crippen molar-refractivity contribution in [1.82, 2.24) is 4.98 Å². The molecule has 3 rings (SSSR count). The molecule has 1 aromatic heterocycles. The van der Waals surface area contributed by atoms with E-state index < -0.39 is 6.61 Å². The summed E-state index contributed by atoms with van der Waals surface area (Å²) in [5.74, 6) is 0.0809. The Labute approximate surface area is 118 Å². The molecule has 3 N–H and O–H groups in total. The minimum atomic E-state index is -2.84. The van der Waals surface area contributed by atoms with Crippen LogP contribution in [0.2, 0.25) is 0 Å². The van der Waals surface area contributed by atoms with Crippen LogP contribution in [0.5, 0.6) is 5.75 Å². The molecule has 3 aromatic rings. The van der Waals surface area contributed by atoms with Crippen molar-refractivity contribution >= 4 is 28.5 Å². The topological polar surface area (TPSA) is 73.3 Å². The first-order valence-electron chi connectivity index (χ1n) is 6.09. The van der Waals surface area contributed by atoms with Crippen LogP contribution >= 0.6 is 0 Å². The molecule has 0 saturated carbocycles. The number of nitrogens with zero attached hydrogens (tertiary/aromatic N) is 1. The van der Waals surface area contributed by atoms with Crippen LogP contribution in [0.4, 0.5) is 26.2 Å². The van der Waals surface area contributed by atoms with Gasteiger partial charge in [-0.3, -0.25) is 0 Å². The predicted octanol–water partition coefficient (Wildman–Crippen LogP) is 3.76. The Hall–Kier alpha value is -2.83. The van der Waals surface area contributed by atoms with Crippen LogP contribution in [0.1, 0.15) is 0 Å². The fourth-order valence-corrected chi connectivity index (χ4v) is 1.87. The number of nitrogen functional groups attached to an aromatic ring is 1. The number of nitrogens with two attached hydrogens (primary N) is 1. The normalized spacial score (nSPS) is 11.0. The van der Waals surface area contributed by atoms with Crippen LogP contribution < -0.4 is 15.8 Å². The summed E-state index contributed by atoms with van der Waals surface area (Å²) in [5, 5.41) is 2.92. The number of ether oxygens (including phenoxy) is 1. The summed E-state index contributed by atoms with van der Waals surface area (Å²) in [6.07, 6.45) is 0. The van der Waals surface area contributed by atoms with Crippen molar-refractivity contribution in [3.05, 3.63) is 42.5 Å². The van der Waals surface area contributed by atoms with Crippen LogP contribution in [-0.2, 0) is 0 Å². The van der Waals surface area contributed by atoms with Gasteiger partial charge in [-0.05, 0) is 36.4 Å². The van der Waals surface area contributed by atoms with Crippen LogP contribution in [-0.4, -0.2) is 11.6 Å². The zero-order valence-electron chi connectivity index (χ0n) is 10.7. The Balaban J connectivity index is 1.80. The molecule has 108 valence electrons. The Morgan fingerprint density at radius 1 is 1.14 bits per heavy atom. The lowest BCUT2D eigenvalue weighted by atomic mass is 10.3. The number of alkyl halides is 2. The molecule has 0 bridgehead atoms. The van der Waals surface area contributed by atoms with E-state index in [-0.39, 0.29) is 11.8 Å². The van der Waals surface area contributed by atoms with Crippen LogP contribution in [0.25, 0.3) is 11.1 Å². The maximum absolute atomic E-state index is 12.0. The van der Waals surface area contributed by atoms with Crippen molar-refractivity contribution in [1.29, 1.82) is 0 Å². The molecular formula is C14H11F2N3O2. The maximum Gasteiger partial charge on any atom is 0.387 e. The van der Waals surface area contributed by atoms with E-state index in [0.717, 1.165) is 0 Å². The number of anilines is 3. The number of aromatic nitrogens is 1. The number of hydrogen-bond donors (Lipinski definition) is 2. The third-order valence-electron chi connectivity index (χ3n) is 2.78. The molecule has 5 nitrogen and oxygen atoms in total. The van der Waals surface area contributed by atoms with Gasteiger partial charge in [-0.1, -0.05) is 6.07 Å². The minimum absolute atomic E-state index is 0.0809. The first kappa shape index (κ1) is 13.2. The lowest BCUT2D eigenvalue weighted by Crippen LogP contribution is -2.01. The van der Waals surface area contributed by atoms with Crippen LogP contribution in [0.3, 0.4) is 0 Å². The number of fused-ring (bicyclic) bond motifs is 1. The second-order valence-corrected chi connectivity index (χ2v) is 4.24. The number of halogens is 2. The predicted molar refractivity (Wildman–Crippen MR) is 74.8 cm³/mol. The molecule has 0 aliphatic rings. The number of rotatable bonds is 4. The number of hydrogen-bond acceptors (Lipinski definition) is 5. The monoisotopic (exact) mass is 291 g/mol. The Morgan fingerprint density at radius 3 is 2.57 bits per heavy atom. The number of benzene rings is 2. The van der Waals surface area contributed by atoms with Crippen LogP contribution in [0.15, 0.2) is 46.9 Å². The Kier molecular flexibility index (Phi) is 3.31. The number of oxazole rings is 1. The molecule has 7 heteroatoms. The molecule has 0 unspecified atom stereocenters. The van der Waals surface area contributed by atoms with Crippen molar-refractivity contribution in [2.24, 2.45) is 0 Å². The van der Waals surface area contributed by atoms with Gasteiger partial charge in [0.25, 0.3) is 6.01 Å². The van der Waals surface area contributed by atoms with E-state index in [4.69, 9.17) is 10.2 Å². The van der Waals surface area contributed by atoms with E-state index in [1.54, 1.807) is 30.3 Å². The Bertz CT molecular complexity index is 757. The lowest BCUT2D eigenvalue weighted by Gasteiger charge is -2.05. The standard InChI is InChI=1S/C14H11F2N3O2/c15-13(16)20-9-6-4-8(5-7-9)18-14-19-12-10(17)2-1-3-11(12)21-14/h1-7,13H,17H2,(H,18,19). The second kappa shape index (κ2) is 5.28. The molecule has 0 fully saturated rings. The van der Waals surface area contributed by atoms with Crippen LogP contribution in [0, 0.1) is 0 Å². The molecule has 21 heavy (non-hydrogen) atoms. The van der Waals surface area contributed by atoms with Crippen molar-refractivity contribution in [2.45, 2.75) is 6.61 Å². The lowest BCUT2D eigenvalue weighted by molar-refractivity contribution is -0.0498. The van der Waals surface area contributed by atoms with Crippen molar-refractivity contribution in [3.8, 4) is 5.75 Å². The van der Waals surface area contributed by atoms with Gasteiger partial charge in [-0.2, -0.15) is 13.8 Å². The van der Waals surface area contributed by atoms with E-state index in [9.17, 15) is 8.78 Å². The van der Waals surface area contributed by atoms with Crippen molar-refractivity contribution < 1.29 is 17.9 Å².